The maximum Gasteiger partial charge on any atom is 0.357 e. The van der Waals surface area contributed by atoms with Gasteiger partial charge in [0.2, 0.25) is 0 Å². The Hall–Kier alpha value is -2.82. The van der Waals surface area contributed by atoms with Gasteiger partial charge in [-0.3, -0.25) is 0 Å². The number of nitrogens with zero attached hydrogens (tertiary/aromatic N) is 1. The first-order chi connectivity index (χ1) is 10.7. The molecular weight excluding hydrogens is 280 g/mol. The van der Waals surface area contributed by atoms with Crippen LogP contribution in [-0.2, 0) is 4.74 Å². The molecule has 0 atom stereocenters. The number of rotatable bonds is 4. The minimum absolute atomic E-state index is 0.224. The van der Waals surface area contributed by atoms with Crippen molar-refractivity contribution in [2.45, 2.75) is 13.8 Å². The van der Waals surface area contributed by atoms with Crippen LogP contribution in [0.15, 0.2) is 46.9 Å². The van der Waals surface area contributed by atoms with Crippen molar-refractivity contribution >= 4 is 28.4 Å². The summed E-state index contributed by atoms with van der Waals surface area (Å²) in [6, 6.07) is 13.1. The van der Waals surface area contributed by atoms with Crippen LogP contribution in [0.5, 0.6) is 0 Å². The molecule has 0 fully saturated rings. The first-order valence-electron chi connectivity index (χ1n) is 7.07. The molecule has 5 nitrogen and oxygen atoms in total. The van der Waals surface area contributed by atoms with E-state index in [4.69, 9.17) is 9.15 Å². The van der Waals surface area contributed by atoms with E-state index in [1.807, 2.05) is 43.3 Å². The largest absolute Gasteiger partial charge is 0.461 e. The van der Waals surface area contributed by atoms with Crippen LogP contribution in [0.3, 0.4) is 0 Å². The molecule has 0 spiro atoms. The van der Waals surface area contributed by atoms with E-state index in [2.05, 4.69) is 10.3 Å². The predicted octanol–water partition coefficient (Wildman–Crippen LogP) is 4.06. The summed E-state index contributed by atoms with van der Waals surface area (Å²) < 4.78 is 10.6. The highest BCUT2D eigenvalue weighted by Gasteiger charge is 2.16. The fraction of sp³-hybridized carbons (Fsp3) is 0.176. The number of hydrogen-bond acceptors (Lipinski definition) is 5. The number of pyridine rings is 1. The fourth-order valence-corrected chi connectivity index (χ4v) is 2.22. The molecule has 0 amide bonds. The van der Waals surface area contributed by atoms with Crippen molar-refractivity contribution in [2.24, 2.45) is 0 Å². The Morgan fingerprint density at radius 3 is 2.77 bits per heavy atom. The molecule has 0 aliphatic rings. The summed E-state index contributed by atoms with van der Waals surface area (Å²) >= 11 is 0. The second-order valence-corrected chi connectivity index (χ2v) is 4.84. The molecule has 1 aromatic carbocycles. The summed E-state index contributed by atoms with van der Waals surface area (Å²) in [5.41, 5.74) is 1.72. The number of aryl methyl sites for hydroxylation is 1. The number of carbonyl (C=O) groups is 1. The van der Waals surface area contributed by atoms with Gasteiger partial charge in [-0.15, -0.1) is 0 Å². The molecule has 0 radical (unpaired) electrons. The highest BCUT2D eigenvalue weighted by Crippen LogP contribution is 2.28. The standard InChI is InChI=1S/C17H16N2O3/c1-3-21-17(20)14-10-15-13(9-11(2)22-15)16(19-14)18-12-7-5-4-6-8-12/h4-10H,3H2,1-2H3,(H,18,19). The van der Waals surface area contributed by atoms with Gasteiger partial charge in [0, 0.05) is 11.8 Å². The zero-order valence-electron chi connectivity index (χ0n) is 12.4. The molecule has 3 rings (SSSR count). The predicted molar refractivity (Wildman–Crippen MR) is 84.4 cm³/mol. The summed E-state index contributed by atoms with van der Waals surface area (Å²) in [5, 5.41) is 4.05. The van der Waals surface area contributed by atoms with Gasteiger partial charge in [-0.25, -0.2) is 9.78 Å². The van der Waals surface area contributed by atoms with Gasteiger partial charge in [-0.1, -0.05) is 18.2 Å². The molecule has 112 valence electrons. The normalized spacial score (nSPS) is 10.6. The van der Waals surface area contributed by atoms with E-state index in [1.165, 1.54) is 0 Å². The minimum Gasteiger partial charge on any atom is -0.461 e. The number of nitrogens with one attached hydrogen (secondary N) is 1. The molecule has 2 aromatic heterocycles. The number of furan rings is 1. The van der Waals surface area contributed by atoms with Crippen molar-refractivity contribution in [3.8, 4) is 0 Å². The molecule has 0 unspecified atom stereocenters. The van der Waals surface area contributed by atoms with Crippen LogP contribution in [0.1, 0.15) is 23.2 Å². The lowest BCUT2D eigenvalue weighted by atomic mass is 10.2. The maximum absolute atomic E-state index is 11.9. The van der Waals surface area contributed by atoms with E-state index in [0.29, 0.717) is 18.0 Å². The van der Waals surface area contributed by atoms with E-state index in [9.17, 15) is 4.79 Å². The third kappa shape index (κ3) is 2.79. The van der Waals surface area contributed by atoms with Gasteiger partial charge in [-0.05, 0) is 32.0 Å². The average Bonchev–Trinajstić information content (AvgIpc) is 2.89. The first kappa shape index (κ1) is 14.1. The topological polar surface area (TPSA) is 64.4 Å². The molecule has 22 heavy (non-hydrogen) atoms. The second kappa shape index (κ2) is 5.89. The summed E-state index contributed by atoms with van der Waals surface area (Å²) in [6.45, 7) is 3.92. The SMILES string of the molecule is CCOC(=O)c1cc2oc(C)cc2c(Nc2ccccc2)n1. The van der Waals surface area contributed by atoms with Crippen molar-refractivity contribution in [3.63, 3.8) is 0 Å². The number of hydrogen-bond donors (Lipinski definition) is 1. The summed E-state index contributed by atoms with van der Waals surface area (Å²) in [5.74, 6) is 0.868. The third-order valence-electron chi connectivity index (χ3n) is 3.16. The Morgan fingerprint density at radius 2 is 2.05 bits per heavy atom. The van der Waals surface area contributed by atoms with Gasteiger partial charge in [-0.2, -0.15) is 0 Å². The Labute approximate surface area is 127 Å². The van der Waals surface area contributed by atoms with Crippen molar-refractivity contribution < 1.29 is 13.9 Å². The Kier molecular flexibility index (Phi) is 3.78. The number of aromatic nitrogens is 1. The van der Waals surface area contributed by atoms with Crippen molar-refractivity contribution in [1.29, 1.82) is 0 Å². The molecule has 0 saturated heterocycles. The van der Waals surface area contributed by atoms with Gasteiger partial charge < -0.3 is 14.5 Å². The second-order valence-electron chi connectivity index (χ2n) is 4.84. The monoisotopic (exact) mass is 296 g/mol. The van der Waals surface area contributed by atoms with Crippen molar-refractivity contribution in [2.75, 3.05) is 11.9 Å². The van der Waals surface area contributed by atoms with Crippen molar-refractivity contribution in [1.82, 2.24) is 4.98 Å². The minimum atomic E-state index is -0.463. The number of anilines is 2. The number of ether oxygens (including phenoxy) is 1. The van der Waals surface area contributed by atoms with Gasteiger partial charge in [0.15, 0.2) is 5.69 Å². The highest BCUT2D eigenvalue weighted by atomic mass is 16.5. The Morgan fingerprint density at radius 1 is 1.27 bits per heavy atom. The highest BCUT2D eigenvalue weighted by molar-refractivity contribution is 5.97. The molecule has 1 N–H and O–H groups in total. The van der Waals surface area contributed by atoms with Crippen LogP contribution in [-0.4, -0.2) is 17.6 Å². The zero-order chi connectivity index (χ0) is 15.5. The number of benzene rings is 1. The lowest BCUT2D eigenvalue weighted by Gasteiger charge is -2.08. The van der Waals surface area contributed by atoms with Gasteiger partial charge >= 0.3 is 5.97 Å². The first-order valence-corrected chi connectivity index (χ1v) is 7.07. The smallest absolute Gasteiger partial charge is 0.357 e. The van der Waals surface area contributed by atoms with Crippen LogP contribution < -0.4 is 5.32 Å². The van der Waals surface area contributed by atoms with Crippen LogP contribution in [0.4, 0.5) is 11.5 Å². The van der Waals surface area contributed by atoms with Crippen LogP contribution >= 0.6 is 0 Å². The molecule has 0 saturated carbocycles. The molecular formula is C17H16N2O3. The third-order valence-corrected chi connectivity index (χ3v) is 3.16. The zero-order valence-corrected chi connectivity index (χ0v) is 12.4. The van der Waals surface area contributed by atoms with E-state index < -0.39 is 5.97 Å². The molecule has 0 aliphatic heterocycles. The summed E-state index contributed by atoms with van der Waals surface area (Å²) in [6.07, 6.45) is 0. The Balaban J connectivity index is 2.07. The molecule has 5 heteroatoms. The molecule has 2 heterocycles. The van der Waals surface area contributed by atoms with E-state index in [1.54, 1.807) is 13.0 Å². The Bertz CT molecular complexity index is 809. The van der Waals surface area contributed by atoms with E-state index >= 15 is 0 Å². The molecule has 3 aromatic rings. The van der Waals surface area contributed by atoms with Crippen LogP contribution in [0.2, 0.25) is 0 Å². The molecule has 0 bridgehead atoms. The number of carbonyl (C=O) groups excluding carboxylic acids is 1. The summed E-state index contributed by atoms with van der Waals surface area (Å²) in [7, 11) is 0. The maximum atomic E-state index is 11.9. The van der Waals surface area contributed by atoms with Crippen molar-refractivity contribution in [3.05, 3.63) is 53.9 Å². The van der Waals surface area contributed by atoms with Gasteiger partial charge in [0.1, 0.15) is 17.2 Å². The molecule has 0 aliphatic carbocycles. The lowest BCUT2D eigenvalue weighted by molar-refractivity contribution is 0.0519. The number of para-hydroxylation sites is 1. The van der Waals surface area contributed by atoms with Crippen LogP contribution in [0.25, 0.3) is 11.0 Å². The van der Waals surface area contributed by atoms with E-state index in [0.717, 1.165) is 16.8 Å². The van der Waals surface area contributed by atoms with E-state index in [-0.39, 0.29) is 5.69 Å². The number of fused-ring (bicyclic) bond motifs is 1. The summed E-state index contributed by atoms with van der Waals surface area (Å²) in [4.78, 5) is 16.3. The lowest BCUT2D eigenvalue weighted by Crippen LogP contribution is -2.08. The number of esters is 1. The fourth-order valence-electron chi connectivity index (χ4n) is 2.22. The quantitative estimate of drug-likeness (QED) is 0.736. The van der Waals surface area contributed by atoms with Gasteiger partial charge in [0.05, 0.1) is 12.0 Å². The average molecular weight is 296 g/mol. The van der Waals surface area contributed by atoms with Gasteiger partial charge in [0.25, 0.3) is 0 Å². The van der Waals surface area contributed by atoms with Crippen LogP contribution in [0, 0.1) is 6.92 Å².